The van der Waals surface area contributed by atoms with Crippen LogP contribution in [-0.2, 0) is 22.6 Å². The first-order valence-electron chi connectivity index (χ1n) is 6.47. The number of amides is 1. The van der Waals surface area contributed by atoms with Crippen LogP contribution in [0.25, 0.3) is 0 Å². The van der Waals surface area contributed by atoms with E-state index in [-0.39, 0.29) is 24.6 Å². The van der Waals surface area contributed by atoms with Gasteiger partial charge in [-0.2, -0.15) is 0 Å². The van der Waals surface area contributed by atoms with Crippen LogP contribution in [0.3, 0.4) is 0 Å². The molecule has 0 spiro atoms. The van der Waals surface area contributed by atoms with Gasteiger partial charge in [0.2, 0.25) is 5.91 Å². The molecule has 2 N–H and O–H groups in total. The highest BCUT2D eigenvalue weighted by Gasteiger charge is 2.17. The number of aliphatic carboxylic acids is 1. The van der Waals surface area contributed by atoms with Gasteiger partial charge in [0, 0.05) is 0 Å². The van der Waals surface area contributed by atoms with Crippen molar-refractivity contribution in [2.75, 3.05) is 0 Å². The molecule has 0 aliphatic heterocycles. The molecular weight excluding hydrogens is 293 g/mol. The normalized spacial score (nSPS) is 11.9. The Hall–Kier alpha value is -2.84. The number of hydrogen-bond donors (Lipinski definition) is 2. The number of nitrogens with zero attached hydrogens (tertiary/aromatic N) is 4. The maximum absolute atomic E-state index is 13.1. The summed E-state index contributed by atoms with van der Waals surface area (Å²) in [7, 11) is 0. The van der Waals surface area contributed by atoms with Crippen LogP contribution < -0.4 is 5.32 Å². The van der Waals surface area contributed by atoms with Gasteiger partial charge in [-0.1, -0.05) is 12.1 Å². The van der Waals surface area contributed by atoms with Gasteiger partial charge in [0.1, 0.15) is 11.9 Å². The molecular formula is C13H14FN5O3. The van der Waals surface area contributed by atoms with Crippen LogP contribution in [0, 0.1) is 5.82 Å². The first kappa shape index (κ1) is 15.5. The van der Waals surface area contributed by atoms with Gasteiger partial charge in [-0.15, -0.1) is 5.10 Å². The van der Waals surface area contributed by atoms with E-state index in [1.807, 2.05) is 0 Å². The van der Waals surface area contributed by atoms with Crippen molar-refractivity contribution in [3.8, 4) is 0 Å². The smallest absolute Gasteiger partial charge is 0.325 e. The minimum absolute atomic E-state index is 0.167. The minimum atomic E-state index is -1.13. The summed E-state index contributed by atoms with van der Waals surface area (Å²) in [6.45, 7) is 1.57. The Bertz CT molecular complexity index is 688. The number of nitrogens with one attached hydrogen (secondary N) is 1. The third-order valence-electron chi connectivity index (χ3n) is 2.89. The van der Waals surface area contributed by atoms with Gasteiger partial charge in [0.15, 0.2) is 5.82 Å². The van der Waals surface area contributed by atoms with Crippen molar-refractivity contribution < 1.29 is 19.1 Å². The average molecular weight is 307 g/mol. The van der Waals surface area contributed by atoms with Gasteiger partial charge >= 0.3 is 5.97 Å². The Labute approximate surface area is 124 Å². The molecule has 116 valence electrons. The molecule has 1 aromatic heterocycles. The molecule has 1 atom stereocenters. The lowest BCUT2D eigenvalue weighted by Crippen LogP contribution is -2.39. The molecule has 1 heterocycles. The molecule has 2 aromatic rings. The van der Waals surface area contributed by atoms with Gasteiger partial charge in [0.25, 0.3) is 0 Å². The van der Waals surface area contributed by atoms with Gasteiger partial charge in [0.05, 0.1) is 13.0 Å². The van der Waals surface area contributed by atoms with Crippen molar-refractivity contribution in [2.24, 2.45) is 0 Å². The lowest BCUT2D eigenvalue weighted by atomic mass is 10.2. The highest BCUT2D eigenvalue weighted by atomic mass is 19.1. The fourth-order valence-corrected chi connectivity index (χ4v) is 1.78. The highest BCUT2D eigenvalue weighted by molar-refractivity contribution is 5.84. The summed E-state index contributed by atoms with van der Waals surface area (Å²) >= 11 is 0. The number of halogens is 1. The second-order valence-electron chi connectivity index (χ2n) is 4.69. The number of tetrazole rings is 1. The molecule has 2 rings (SSSR count). The zero-order chi connectivity index (χ0) is 16.1. The fourth-order valence-electron chi connectivity index (χ4n) is 1.78. The molecule has 0 radical (unpaired) electrons. The monoisotopic (exact) mass is 307 g/mol. The summed E-state index contributed by atoms with van der Waals surface area (Å²) in [5.41, 5.74) is 0.646. The van der Waals surface area contributed by atoms with E-state index in [0.29, 0.717) is 5.56 Å². The maximum atomic E-state index is 13.1. The van der Waals surface area contributed by atoms with E-state index in [2.05, 4.69) is 20.8 Å². The van der Waals surface area contributed by atoms with Gasteiger partial charge in [-0.3, -0.25) is 9.59 Å². The number of carboxylic acids is 1. The van der Waals surface area contributed by atoms with E-state index in [1.54, 1.807) is 12.1 Å². The van der Waals surface area contributed by atoms with Gasteiger partial charge in [-0.05, 0) is 35.0 Å². The van der Waals surface area contributed by atoms with Gasteiger partial charge in [-0.25, -0.2) is 9.07 Å². The van der Waals surface area contributed by atoms with Crippen LogP contribution >= 0.6 is 0 Å². The van der Waals surface area contributed by atoms with Crippen molar-refractivity contribution in [2.45, 2.75) is 25.9 Å². The SMILES string of the molecule is CC(NC(=O)Cc1nnnn1Cc1cccc(F)c1)C(=O)O. The van der Waals surface area contributed by atoms with E-state index in [0.717, 1.165) is 0 Å². The predicted octanol–water partition coefficient (Wildman–Crippen LogP) is -0.00770. The molecule has 0 saturated heterocycles. The minimum Gasteiger partial charge on any atom is -0.480 e. The maximum Gasteiger partial charge on any atom is 0.325 e. The summed E-state index contributed by atoms with van der Waals surface area (Å²) in [5, 5.41) is 22.0. The molecule has 0 aliphatic carbocycles. The van der Waals surface area contributed by atoms with Crippen LogP contribution in [-0.4, -0.2) is 43.2 Å². The van der Waals surface area contributed by atoms with Crippen molar-refractivity contribution >= 4 is 11.9 Å². The van der Waals surface area contributed by atoms with E-state index in [4.69, 9.17) is 5.11 Å². The predicted molar refractivity (Wildman–Crippen MR) is 72.3 cm³/mol. The van der Waals surface area contributed by atoms with Crippen LogP contribution in [0.2, 0.25) is 0 Å². The zero-order valence-corrected chi connectivity index (χ0v) is 11.7. The van der Waals surface area contributed by atoms with E-state index < -0.39 is 17.9 Å². The third kappa shape index (κ3) is 4.08. The van der Waals surface area contributed by atoms with E-state index >= 15 is 0 Å². The Morgan fingerprint density at radius 2 is 2.23 bits per heavy atom. The summed E-state index contributed by atoms with van der Waals surface area (Å²) < 4.78 is 14.5. The number of aromatic nitrogens is 4. The molecule has 0 bridgehead atoms. The summed E-state index contributed by atoms with van der Waals surface area (Å²) in [6.07, 6.45) is -0.167. The third-order valence-corrected chi connectivity index (χ3v) is 2.89. The molecule has 1 aromatic carbocycles. The zero-order valence-electron chi connectivity index (χ0n) is 11.7. The van der Waals surface area contributed by atoms with Crippen molar-refractivity contribution in [1.29, 1.82) is 0 Å². The number of hydrogen-bond acceptors (Lipinski definition) is 5. The Morgan fingerprint density at radius 1 is 1.45 bits per heavy atom. The molecule has 1 amide bonds. The highest BCUT2D eigenvalue weighted by Crippen LogP contribution is 2.06. The molecule has 1 unspecified atom stereocenters. The molecule has 0 fully saturated rings. The average Bonchev–Trinajstić information content (AvgIpc) is 2.85. The van der Waals surface area contributed by atoms with Crippen LogP contribution in [0.15, 0.2) is 24.3 Å². The fraction of sp³-hybridized carbons (Fsp3) is 0.308. The lowest BCUT2D eigenvalue weighted by Gasteiger charge is -2.09. The van der Waals surface area contributed by atoms with Crippen LogP contribution in [0.1, 0.15) is 18.3 Å². The Balaban J connectivity index is 2.03. The van der Waals surface area contributed by atoms with E-state index in [1.165, 1.54) is 23.7 Å². The summed E-state index contributed by atoms with van der Waals surface area (Å²) in [4.78, 5) is 22.4. The van der Waals surface area contributed by atoms with Gasteiger partial charge < -0.3 is 10.4 Å². The first-order chi connectivity index (χ1) is 10.5. The van der Waals surface area contributed by atoms with Crippen LogP contribution in [0.5, 0.6) is 0 Å². The Morgan fingerprint density at radius 3 is 2.91 bits per heavy atom. The second-order valence-corrected chi connectivity index (χ2v) is 4.69. The molecule has 0 aliphatic rings. The summed E-state index contributed by atoms with van der Waals surface area (Å²) in [5.74, 6) is -1.75. The number of rotatable bonds is 6. The molecule has 8 nitrogen and oxygen atoms in total. The Kier molecular flexibility index (Phi) is 4.77. The standard InChI is InChI=1S/C13H14FN5O3/c1-8(13(21)22)15-12(20)6-11-16-17-18-19(11)7-9-3-2-4-10(14)5-9/h2-5,8H,6-7H2,1H3,(H,15,20)(H,21,22). The second kappa shape index (κ2) is 6.74. The van der Waals surface area contributed by atoms with Crippen molar-refractivity contribution in [3.63, 3.8) is 0 Å². The lowest BCUT2D eigenvalue weighted by molar-refractivity contribution is -0.141. The topological polar surface area (TPSA) is 110 Å². The summed E-state index contributed by atoms with van der Waals surface area (Å²) in [6, 6.07) is 4.94. The number of benzene rings is 1. The number of carbonyl (C=O) groups excluding carboxylic acids is 1. The molecule has 0 saturated carbocycles. The van der Waals surface area contributed by atoms with Crippen molar-refractivity contribution in [3.05, 3.63) is 41.5 Å². The van der Waals surface area contributed by atoms with E-state index in [9.17, 15) is 14.0 Å². The quantitative estimate of drug-likeness (QED) is 0.777. The number of carbonyl (C=O) groups is 2. The van der Waals surface area contributed by atoms with Crippen LogP contribution in [0.4, 0.5) is 4.39 Å². The number of carboxylic acid groups (broad SMARTS) is 1. The molecule has 9 heteroatoms. The molecule has 22 heavy (non-hydrogen) atoms. The largest absolute Gasteiger partial charge is 0.480 e. The first-order valence-corrected chi connectivity index (χ1v) is 6.47. The van der Waals surface area contributed by atoms with Crippen molar-refractivity contribution in [1.82, 2.24) is 25.5 Å².